The third-order valence-corrected chi connectivity index (χ3v) is 8.65. The van der Waals surface area contributed by atoms with Crippen molar-refractivity contribution in [2.24, 2.45) is 0 Å². The molecule has 0 aromatic heterocycles. The van der Waals surface area contributed by atoms with Crippen LogP contribution in [0.3, 0.4) is 0 Å². The van der Waals surface area contributed by atoms with Crippen molar-refractivity contribution in [2.75, 3.05) is 17.8 Å². The van der Waals surface area contributed by atoms with Gasteiger partial charge in [-0.3, -0.25) is 9.59 Å². The largest absolute Gasteiger partial charge is 0.493 e. The molecule has 1 aliphatic heterocycles. The number of amides is 1. The molecular weight excluding hydrogens is 528 g/mol. The summed E-state index contributed by atoms with van der Waals surface area (Å²) in [6.45, 7) is 7.30. The minimum Gasteiger partial charge on any atom is -0.493 e. The molecule has 0 fully saturated rings. The average molecular weight is 579 g/mol. The first-order chi connectivity index (χ1) is 20.0. The second-order valence-corrected chi connectivity index (χ2v) is 12.1. The van der Waals surface area contributed by atoms with Crippen molar-refractivity contribution in [3.8, 4) is 5.75 Å². The van der Waals surface area contributed by atoms with Crippen LogP contribution >= 0.6 is 11.8 Å². The van der Waals surface area contributed by atoms with Crippen LogP contribution in [0.25, 0.3) is 0 Å². The van der Waals surface area contributed by atoms with Gasteiger partial charge in [0, 0.05) is 17.9 Å². The van der Waals surface area contributed by atoms with E-state index in [1.165, 1.54) is 69.9 Å². The van der Waals surface area contributed by atoms with E-state index in [-0.39, 0.29) is 18.1 Å². The van der Waals surface area contributed by atoms with Crippen molar-refractivity contribution in [1.82, 2.24) is 4.90 Å². The topological polar surface area (TPSA) is 58.6 Å². The molecule has 0 spiro atoms. The number of ketones is 1. The second-order valence-electron chi connectivity index (χ2n) is 11.3. The number of anilines is 1. The molecule has 1 amide bonds. The van der Waals surface area contributed by atoms with Crippen molar-refractivity contribution in [3.05, 3.63) is 70.3 Å². The number of benzene rings is 2. The minimum atomic E-state index is -0.0971. The summed E-state index contributed by atoms with van der Waals surface area (Å²) in [6, 6.07) is 13.5. The zero-order valence-electron chi connectivity index (χ0n) is 25.5. The SMILES string of the molecule is CCCCCCCCCCCCCCOc1ccc(CC(=O)Nc2ccccc2CN2CSC=C2C)cc1C(C)=O. The van der Waals surface area contributed by atoms with Crippen LogP contribution in [0.4, 0.5) is 5.69 Å². The second kappa shape index (κ2) is 18.7. The number of ether oxygens (including phenoxy) is 1. The van der Waals surface area contributed by atoms with Crippen LogP contribution in [0, 0.1) is 0 Å². The number of unbranched alkanes of at least 4 members (excludes halogenated alkanes) is 11. The molecule has 0 saturated carbocycles. The Bertz CT molecular complexity index is 1130. The van der Waals surface area contributed by atoms with Gasteiger partial charge in [0.1, 0.15) is 5.75 Å². The lowest BCUT2D eigenvalue weighted by molar-refractivity contribution is -0.115. The predicted octanol–water partition coefficient (Wildman–Crippen LogP) is 9.52. The molecule has 224 valence electrons. The lowest BCUT2D eigenvalue weighted by Crippen LogP contribution is -2.20. The van der Waals surface area contributed by atoms with Gasteiger partial charge >= 0.3 is 0 Å². The van der Waals surface area contributed by atoms with Gasteiger partial charge in [0.15, 0.2) is 5.78 Å². The number of hydrogen-bond donors (Lipinski definition) is 1. The van der Waals surface area contributed by atoms with E-state index in [1.807, 2.05) is 30.3 Å². The number of carbonyl (C=O) groups excluding carboxylic acids is 2. The van der Waals surface area contributed by atoms with Crippen molar-refractivity contribution in [1.29, 1.82) is 0 Å². The summed E-state index contributed by atoms with van der Waals surface area (Å²) in [7, 11) is 0. The number of nitrogens with zero attached hydrogens (tertiary/aromatic N) is 1. The Labute approximate surface area is 252 Å². The lowest BCUT2D eigenvalue weighted by atomic mass is 10.0. The molecule has 0 aliphatic carbocycles. The Morgan fingerprint density at radius 2 is 1.56 bits per heavy atom. The van der Waals surface area contributed by atoms with Crippen LogP contribution in [-0.2, 0) is 17.8 Å². The van der Waals surface area contributed by atoms with Gasteiger partial charge in [0.2, 0.25) is 5.91 Å². The number of carbonyl (C=O) groups is 2. The van der Waals surface area contributed by atoms with Gasteiger partial charge in [-0.2, -0.15) is 0 Å². The fourth-order valence-electron chi connectivity index (χ4n) is 5.17. The molecule has 2 aromatic rings. The first-order valence-corrected chi connectivity index (χ1v) is 16.7. The molecule has 1 heterocycles. The monoisotopic (exact) mass is 578 g/mol. The summed E-state index contributed by atoms with van der Waals surface area (Å²) < 4.78 is 6.00. The maximum absolute atomic E-state index is 13.0. The van der Waals surface area contributed by atoms with E-state index in [0.717, 1.165) is 42.1 Å². The van der Waals surface area contributed by atoms with E-state index < -0.39 is 0 Å². The molecule has 0 saturated heterocycles. The zero-order chi connectivity index (χ0) is 29.3. The van der Waals surface area contributed by atoms with Crippen LogP contribution < -0.4 is 10.1 Å². The maximum atomic E-state index is 13.0. The maximum Gasteiger partial charge on any atom is 0.228 e. The molecule has 0 atom stereocenters. The molecular formula is C35H50N2O3S. The molecule has 0 radical (unpaired) electrons. The number of hydrogen-bond acceptors (Lipinski definition) is 5. The highest BCUT2D eigenvalue weighted by molar-refractivity contribution is 8.02. The van der Waals surface area contributed by atoms with Gasteiger partial charge in [-0.25, -0.2) is 0 Å². The minimum absolute atomic E-state index is 0.0470. The Kier molecular flexibility index (Phi) is 14.9. The van der Waals surface area contributed by atoms with Crippen molar-refractivity contribution >= 4 is 29.1 Å². The number of nitrogens with one attached hydrogen (secondary N) is 1. The summed E-state index contributed by atoms with van der Waals surface area (Å²) in [6.07, 6.45) is 15.8. The number of allylic oxidation sites excluding steroid dienone is 1. The van der Waals surface area contributed by atoms with Gasteiger partial charge in [0.05, 0.1) is 24.5 Å². The Morgan fingerprint density at radius 1 is 0.902 bits per heavy atom. The van der Waals surface area contributed by atoms with E-state index >= 15 is 0 Å². The third-order valence-electron chi connectivity index (χ3n) is 7.68. The van der Waals surface area contributed by atoms with Crippen LogP contribution in [0.1, 0.15) is 119 Å². The molecule has 41 heavy (non-hydrogen) atoms. The smallest absolute Gasteiger partial charge is 0.228 e. The first kappa shape index (κ1) is 32.8. The summed E-state index contributed by atoms with van der Waals surface area (Å²) in [4.78, 5) is 27.6. The van der Waals surface area contributed by atoms with Gasteiger partial charge in [-0.1, -0.05) is 102 Å². The van der Waals surface area contributed by atoms with E-state index in [1.54, 1.807) is 24.8 Å². The van der Waals surface area contributed by atoms with Crippen molar-refractivity contribution in [3.63, 3.8) is 0 Å². The Hall–Kier alpha value is -2.73. The summed E-state index contributed by atoms with van der Waals surface area (Å²) in [5.41, 5.74) is 4.51. The average Bonchev–Trinajstić information content (AvgIpc) is 3.36. The molecule has 3 rings (SSSR count). The Balaban J connectivity index is 1.40. The first-order valence-electron chi connectivity index (χ1n) is 15.7. The normalized spacial score (nSPS) is 12.9. The standard InChI is InChI=1S/C35H50N2O3S/c1-4-5-6-7-8-9-10-11-12-13-14-17-22-40-34-21-20-30(23-32(34)29(3)38)24-35(39)36-33-19-16-15-18-31(33)25-37-27-41-26-28(37)2/h15-16,18-21,23,26H,4-14,17,22,24-25,27H2,1-3H3,(H,36,39). The van der Waals surface area contributed by atoms with Crippen molar-refractivity contribution < 1.29 is 14.3 Å². The highest BCUT2D eigenvalue weighted by Crippen LogP contribution is 2.27. The van der Waals surface area contributed by atoms with E-state index in [2.05, 4.69) is 35.5 Å². The van der Waals surface area contributed by atoms with Crippen LogP contribution in [0.5, 0.6) is 5.75 Å². The lowest BCUT2D eigenvalue weighted by Gasteiger charge is -2.21. The van der Waals surface area contributed by atoms with Gasteiger partial charge in [0.25, 0.3) is 0 Å². The molecule has 6 heteroatoms. The van der Waals surface area contributed by atoms with Crippen LogP contribution in [0.15, 0.2) is 53.6 Å². The molecule has 2 aromatic carbocycles. The third kappa shape index (κ3) is 12.0. The molecule has 1 aliphatic rings. The molecule has 5 nitrogen and oxygen atoms in total. The van der Waals surface area contributed by atoms with E-state index in [9.17, 15) is 9.59 Å². The van der Waals surface area contributed by atoms with Crippen LogP contribution in [-0.4, -0.2) is 29.1 Å². The highest BCUT2D eigenvalue weighted by Gasteiger charge is 2.16. The predicted molar refractivity (Wildman–Crippen MR) is 174 cm³/mol. The number of Topliss-reactive ketones (excluding diaryl/α,β-unsaturated/α-hetero) is 1. The van der Waals surface area contributed by atoms with Gasteiger partial charge in [-0.15, -0.1) is 11.8 Å². The van der Waals surface area contributed by atoms with Crippen molar-refractivity contribution in [2.45, 2.75) is 111 Å². The molecule has 0 bridgehead atoms. The fourth-order valence-corrected chi connectivity index (χ4v) is 6.11. The zero-order valence-corrected chi connectivity index (χ0v) is 26.3. The van der Waals surface area contributed by atoms with Gasteiger partial charge < -0.3 is 15.0 Å². The number of rotatable bonds is 20. The van der Waals surface area contributed by atoms with Gasteiger partial charge in [-0.05, 0) is 55.0 Å². The quantitative estimate of drug-likeness (QED) is 0.125. The summed E-state index contributed by atoms with van der Waals surface area (Å²) in [5.74, 6) is 1.40. The fraction of sp³-hybridized carbons (Fsp3) is 0.543. The molecule has 1 N–H and O–H groups in total. The number of thioether (sulfide) groups is 1. The summed E-state index contributed by atoms with van der Waals surface area (Å²) in [5, 5.41) is 5.25. The summed E-state index contributed by atoms with van der Waals surface area (Å²) >= 11 is 1.79. The van der Waals surface area contributed by atoms with E-state index in [4.69, 9.17) is 4.74 Å². The number of para-hydroxylation sites is 1. The van der Waals surface area contributed by atoms with E-state index in [0.29, 0.717) is 17.9 Å². The van der Waals surface area contributed by atoms with Crippen LogP contribution in [0.2, 0.25) is 0 Å². The molecule has 0 unspecified atom stereocenters. The Morgan fingerprint density at radius 3 is 2.20 bits per heavy atom. The highest BCUT2D eigenvalue weighted by atomic mass is 32.2.